The molecule has 0 spiro atoms. The molecule has 0 nitrogen and oxygen atoms in total. The SMILES string of the molecule is CC(C)(C)c1ccc(C2(F)C(F)(F)C2(F)F)cc1. The van der Waals surface area contributed by atoms with Gasteiger partial charge in [0, 0.05) is 5.56 Å². The Balaban J connectivity index is 2.39. The quantitative estimate of drug-likeness (QED) is 0.658. The van der Waals surface area contributed by atoms with E-state index in [0.717, 1.165) is 17.7 Å². The summed E-state index contributed by atoms with van der Waals surface area (Å²) in [5.41, 5.74) is -4.03. The Labute approximate surface area is 102 Å². The van der Waals surface area contributed by atoms with Gasteiger partial charge in [0.1, 0.15) is 0 Å². The third kappa shape index (κ3) is 1.36. The molecule has 1 fully saturated rings. The van der Waals surface area contributed by atoms with Gasteiger partial charge in [-0.1, -0.05) is 45.0 Å². The Morgan fingerprint density at radius 2 is 1.17 bits per heavy atom. The van der Waals surface area contributed by atoms with E-state index in [-0.39, 0.29) is 5.41 Å². The highest BCUT2D eigenvalue weighted by Crippen LogP contribution is 2.73. The largest absolute Gasteiger partial charge is 0.357 e. The summed E-state index contributed by atoms with van der Waals surface area (Å²) in [7, 11) is 0. The van der Waals surface area contributed by atoms with Gasteiger partial charge in [0.15, 0.2) is 0 Å². The Morgan fingerprint density at radius 3 is 1.44 bits per heavy atom. The summed E-state index contributed by atoms with van der Waals surface area (Å²) in [5.74, 6) is -9.24. The molecular formula is C13H13F5. The molecule has 100 valence electrons. The van der Waals surface area contributed by atoms with Crippen molar-refractivity contribution in [3.8, 4) is 0 Å². The van der Waals surface area contributed by atoms with E-state index in [1.807, 2.05) is 20.8 Å². The minimum atomic E-state index is -4.62. The van der Waals surface area contributed by atoms with E-state index in [9.17, 15) is 22.0 Å². The van der Waals surface area contributed by atoms with Crippen molar-refractivity contribution in [2.24, 2.45) is 0 Å². The lowest BCUT2D eigenvalue weighted by Crippen LogP contribution is -2.14. The van der Waals surface area contributed by atoms with Crippen LogP contribution in [0.3, 0.4) is 0 Å². The average molecular weight is 264 g/mol. The van der Waals surface area contributed by atoms with Crippen molar-refractivity contribution in [1.82, 2.24) is 0 Å². The summed E-state index contributed by atoms with van der Waals surface area (Å²) in [6.45, 7) is 5.65. The van der Waals surface area contributed by atoms with Gasteiger partial charge in [-0.05, 0) is 11.0 Å². The fourth-order valence-corrected chi connectivity index (χ4v) is 1.95. The zero-order valence-electron chi connectivity index (χ0n) is 10.2. The molecule has 0 radical (unpaired) electrons. The van der Waals surface area contributed by atoms with Crippen LogP contribution in [0.2, 0.25) is 0 Å². The smallest absolute Gasteiger partial charge is 0.225 e. The van der Waals surface area contributed by atoms with Gasteiger partial charge >= 0.3 is 11.8 Å². The topological polar surface area (TPSA) is 0 Å². The molecule has 1 aliphatic carbocycles. The minimum Gasteiger partial charge on any atom is -0.225 e. The predicted octanol–water partition coefficient (Wildman–Crippen LogP) is 4.43. The Bertz CT molecular complexity index is 453. The second-order valence-corrected chi connectivity index (χ2v) is 5.63. The van der Waals surface area contributed by atoms with Crippen LogP contribution in [0, 0.1) is 0 Å². The number of benzene rings is 1. The summed E-state index contributed by atoms with van der Waals surface area (Å²) < 4.78 is 65.1. The maximum absolute atomic E-state index is 13.7. The summed E-state index contributed by atoms with van der Waals surface area (Å²) in [6.07, 6.45) is 0. The highest BCUT2D eigenvalue weighted by molar-refractivity contribution is 5.43. The Hall–Kier alpha value is -1.13. The molecular weight excluding hydrogens is 251 g/mol. The molecule has 0 heterocycles. The zero-order valence-corrected chi connectivity index (χ0v) is 10.2. The fourth-order valence-electron chi connectivity index (χ4n) is 1.95. The third-order valence-electron chi connectivity index (χ3n) is 3.35. The third-order valence-corrected chi connectivity index (χ3v) is 3.35. The predicted molar refractivity (Wildman–Crippen MR) is 57.8 cm³/mol. The second-order valence-electron chi connectivity index (χ2n) is 5.63. The average Bonchev–Trinajstić information content (AvgIpc) is 2.56. The number of halogens is 5. The van der Waals surface area contributed by atoms with E-state index in [1.165, 1.54) is 12.1 Å². The van der Waals surface area contributed by atoms with E-state index < -0.39 is 23.1 Å². The standard InChI is InChI=1S/C13H13F5/c1-10(2,3)8-4-6-9(7-5-8)11(14)12(15,16)13(11,17)18/h4-7H,1-3H3. The number of hydrogen-bond donors (Lipinski definition) is 0. The van der Waals surface area contributed by atoms with Crippen molar-refractivity contribution >= 4 is 0 Å². The summed E-state index contributed by atoms with van der Waals surface area (Å²) in [4.78, 5) is 0. The highest BCUT2D eigenvalue weighted by Gasteiger charge is 2.99. The molecule has 0 N–H and O–H groups in total. The number of alkyl halides is 5. The van der Waals surface area contributed by atoms with Crippen LogP contribution in [-0.2, 0) is 11.1 Å². The molecule has 1 saturated carbocycles. The van der Waals surface area contributed by atoms with Gasteiger partial charge in [-0.2, -0.15) is 17.6 Å². The molecule has 0 unspecified atom stereocenters. The van der Waals surface area contributed by atoms with Gasteiger partial charge in [0.25, 0.3) is 5.67 Å². The molecule has 2 rings (SSSR count). The minimum absolute atomic E-state index is 0.253. The molecule has 0 aromatic heterocycles. The fraction of sp³-hybridized carbons (Fsp3) is 0.538. The lowest BCUT2D eigenvalue weighted by atomic mass is 9.86. The van der Waals surface area contributed by atoms with Crippen LogP contribution < -0.4 is 0 Å². The summed E-state index contributed by atoms with van der Waals surface area (Å²) in [6, 6.07) is 4.83. The van der Waals surface area contributed by atoms with Crippen molar-refractivity contribution in [3.05, 3.63) is 35.4 Å². The molecule has 0 saturated heterocycles. The van der Waals surface area contributed by atoms with Crippen LogP contribution in [0.15, 0.2) is 24.3 Å². The van der Waals surface area contributed by atoms with Crippen LogP contribution in [-0.4, -0.2) is 11.8 Å². The van der Waals surface area contributed by atoms with Crippen molar-refractivity contribution in [3.63, 3.8) is 0 Å². The monoisotopic (exact) mass is 264 g/mol. The van der Waals surface area contributed by atoms with E-state index in [1.54, 1.807) is 0 Å². The maximum Gasteiger partial charge on any atom is 0.357 e. The Kier molecular flexibility index (Phi) is 2.40. The molecule has 0 atom stereocenters. The first kappa shape index (κ1) is 13.3. The molecule has 0 amide bonds. The molecule has 1 aliphatic rings. The van der Waals surface area contributed by atoms with E-state index in [0.29, 0.717) is 0 Å². The van der Waals surface area contributed by atoms with Gasteiger partial charge in [-0.3, -0.25) is 0 Å². The summed E-state index contributed by atoms with van der Waals surface area (Å²) >= 11 is 0. The van der Waals surface area contributed by atoms with E-state index in [4.69, 9.17) is 0 Å². The first-order chi connectivity index (χ1) is 7.96. The normalized spacial score (nSPS) is 23.8. The van der Waals surface area contributed by atoms with Gasteiger partial charge < -0.3 is 0 Å². The van der Waals surface area contributed by atoms with Crippen LogP contribution >= 0.6 is 0 Å². The molecule has 1 aromatic carbocycles. The van der Waals surface area contributed by atoms with E-state index in [2.05, 4.69) is 0 Å². The molecule has 1 aromatic rings. The number of rotatable bonds is 1. The van der Waals surface area contributed by atoms with Crippen LogP contribution in [0.25, 0.3) is 0 Å². The lowest BCUT2D eigenvalue weighted by molar-refractivity contribution is -0.0278. The second kappa shape index (κ2) is 3.25. The highest BCUT2D eigenvalue weighted by atomic mass is 19.3. The van der Waals surface area contributed by atoms with Crippen molar-refractivity contribution in [1.29, 1.82) is 0 Å². The number of hydrogen-bond acceptors (Lipinski definition) is 0. The molecule has 0 bridgehead atoms. The molecule has 18 heavy (non-hydrogen) atoms. The zero-order chi connectivity index (χ0) is 14.0. The van der Waals surface area contributed by atoms with Gasteiger partial charge in [-0.25, -0.2) is 4.39 Å². The van der Waals surface area contributed by atoms with Crippen molar-refractivity contribution in [2.45, 2.75) is 43.7 Å². The van der Waals surface area contributed by atoms with Crippen molar-refractivity contribution < 1.29 is 22.0 Å². The first-order valence-corrected chi connectivity index (χ1v) is 5.52. The van der Waals surface area contributed by atoms with Gasteiger partial charge in [-0.15, -0.1) is 0 Å². The summed E-state index contributed by atoms with van der Waals surface area (Å²) in [5, 5.41) is 0. The van der Waals surface area contributed by atoms with Crippen molar-refractivity contribution in [2.75, 3.05) is 0 Å². The van der Waals surface area contributed by atoms with E-state index >= 15 is 0 Å². The molecule has 0 aliphatic heterocycles. The van der Waals surface area contributed by atoms with Crippen LogP contribution in [0.1, 0.15) is 31.9 Å². The Morgan fingerprint density at radius 1 is 0.778 bits per heavy atom. The molecule has 5 heteroatoms. The lowest BCUT2D eigenvalue weighted by Gasteiger charge is -2.19. The van der Waals surface area contributed by atoms with Gasteiger partial charge in [0.2, 0.25) is 0 Å². The van der Waals surface area contributed by atoms with Crippen LogP contribution in [0.4, 0.5) is 22.0 Å². The van der Waals surface area contributed by atoms with Crippen LogP contribution in [0.5, 0.6) is 0 Å². The maximum atomic E-state index is 13.7. The van der Waals surface area contributed by atoms with Gasteiger partial charge in [0.05, 0.1) is 0 Å². The first-order valence-electron chi connectivity index (χ1n) is 5.52.